The number of ketones is 1. The van der Waals surface area contributed by atoms with Crippen LogP contribution in [0.3, 0.4) is 0 Å². The number of aromatic hydroxyl groups is 3. The lowest BCUT2D eigenvalue weighted by Gasteiger charge is -2.10. The molecule has 2 aromatic rings. The zero-order valence-corrected chi connectivity index (χ0v) is 11.8. The number of carbonyl (C=O) groups excluding carboxylic acids is 1. The van der Waals surface area contributed by atoms with Crippen molar-refractivity contribution >= 4 is 37.6 Å². The van der Waals surface area contributed by atoms with Gasteiger partial charge in [0.15, 0.2) is 17.3 Å². The second-order valence-corrected chi connectivity index (χ2v) is 4.94. The van der Waals surface area contributed by atoms with Crippen LogP contribution in [0.2, 0.25) is 0 Å². The average molecular weight is 378 g/mol. The van der Waals surface area contributed by atoms with Crippen LogP contribution in [0.1, 0.15) is 16.1 Å². The molecule has 18 heavy (non-hydrogen) atoms. The lowest BCUT2D eigenvalue weighted by Crippen LogP contribution is -2.02. The molecule has 0 radical (unpaired) electrons. The Labute approximate surface area is 118 Å². The molecule has 2 rings (SSSR count). The first-order chi connectivity index (χ1) is 8.45. The Balaban J connectivity index is 2.69. The van der Waals surface area contributed by atoms with E-state index in [4.69, 9.17) is 4.42 Å². The van der Waals surface area contributed by atoms with Crippen molar-refractivity contribution in [2.75, 3.05) is 0 Å². The van der Waals surface area contributed by atoms with Crippen molar-refractivity contribution in [3.05, 3.63) is 38.7 Å². The van der Waals surface area contributed by atoms with Crippen LogP contribution in [0.15, 0.2) is 31.8 Å². The number of carbonyl (C=O) groups is 1. The maximum absolute atomic E-state index is 12.1. The quantitative estimate of drug-likeness (QED) is 0.552. The van der Waals surface area contributed by atoms with E-state index in [1.165, 1.54) is 18.4 Å². The Kier molecular flexibility index (Phi) is 3.36. The molecule has 1 heterocycles. The van der Waals surface area contributed by atoms with Gasteiger partial charge in [-0.2, -0.15) is 0 Å². The minimum absolute atomic E-state index is 0.0360. The van der Waals surface area contributed by atoms with Gasteiger partial charge in [0, 0.05) is 0 Å². The van der Waals surface area contributed by atoms with Gasteiger partial charge in [-0.3, -0.25) is 4.79 Å². The topological polar surface area (TPSA) is 90.9 Å². The van der Waals surface area contributed by atoms with Crippen LogP contribution in [0, 0.1) is 0 Å². The minimum Gasteiger partial charge on any atom is -0.503 e. The molecule has 0 aliphatic rings. The Bertz CT molecular complexity index is 590. The van der Waals surface area contributed by atoms with E-state index in [9.17, 15) is 20.1 Å². The van der Waals surface area contributed by atoms with Crippen LogP contribution in [0.25, 0.3) is 0 Å². The fraction of sp³-hybridized carbons (Fsp3) is 0. The van der Waals surface area contributed by atoms with E-state index in [0.717, 1.165) is 0 Å². The highest BCUT2D eigenvalue weighted by Crippen LogP contribution is 2.48. The first kappa shape index (κ1) is 13.0. The highest BCUT2D eigenvalue weighted by molar-refractivity contribution is 9.11. The minimum atomic E-state index is -0.718. The molecule has 0 saturated heterocycles. The number of hydrogen-bond donors (Lipinski definition) is 3. The van der Waals surface area contributed by atoms with Crippen molar-refractivity contribution in [3.8, 4) is 17.2 Å². The molecule has 0 aliphatic carbocycles. The van der Waals surface area contributed by atoms with E-state index in [2.05, 4.69) is 31.9 Å². The smallest absolute Gasteiger partial charge is 0.230 e. The molecule has 0 unspecified atom stereocenters. The van der Waals surface area contributed by atoms with Crippen LogP contribution in [-0.4, -0.2) is 21.1 Å². The summed E-state index contributed by atoms with van der Waals surface area (Å²) < 4.78 is 4.88. The fourth-order valence-corrected chi connectivity index (χ4v) is 2.78. The Hall–Kier alpha value is -1.47. The third kappa shape index (κ3) is 1.89. The Morgan fingerprint density at radius 2 is 1.61 bits per heavy atom. The number of furan rings is 1. The van der Waals surface area contributed by atoms with Gasteiger partial charge in [-0.15, -0.1) is 0 Å². The zero-order valence-electron chi connectivity index (χ0n) is 8.65. The van der Waals surface area contributed by atoms with Crippen LogP contribution in [0.5, 0.6) is 17.2 Å². The van der Waals surface area contributed by atoms with Gasteiger partial charge in [0.25, 0.3) is 0 Å². The monoisotopic (exact) mass is 376 g/mol. The number of hydrogen-bond acceptors (Lipinski definition) is 5. The van der Waals surface area contributed by atoms with Crippen molar-refractivity contribution < 1.29 is 24.5 Å². The number of phenols is 3. The molecule has 1 aromatic carbocycles. The number of rotatable bonds is 2. The highest BCUT2D eigenvalue weighted by Gasteiger charge is 2.27. The largest absolute Gasteiger partial charge is 0.503 e. The van der Waals surface area contributed by atoms with Gasteiger partial charge in [0.05, 0.1) is 20.8 Å². The van der Waals surface area contributed by atoms with Crippen LogP contribution < -0.4 is 0 Å². The summed E-state index contributed by atoms with van der Waals surface area (Å²) in [6, 6.07) is 2.98. The van der Waals surface area contributed by atoms with Gasteiger partial charge in [0.1, 0.15) is 0 Å². The second-order valence-electron chi connectivity index (χ2n) is 3.36. The second kappa shape index (κ2) is 4.66. The van der Waals surface area contributed by atoms with Crippen molar-refractivity contribution in [3.63, 3.8) is 0 Å². The van der Waals surface area contributed by atoms with E-state index in [-0.39, 0.29) is 20.3 Å². The Morgan fingerprint density at radius 1 is 1.06 bits per heavy atom. The van der Waals surface area contributed by atoms with Crippen molar-refractivity contribution in [1.82, 2.24) is 0 Å². The van der Waals surface area contributed by atoms with E-state index in [0.29, 0.717) is 0 Å². The van der Waals surface area contributed by atoms with Gasteiger partial charge in [-0.25, -0.2) is 0 Å². The summed E-state index contributed by atoms with van der Waals surface area (Å²) in [6.45, 7) is 0. The molecular weight excluding hydrogens is 372 g/mol. The molecule has 5 nitrogen and oxygen atoms in total. The molecule has 0 atom stereocenters. The van der Waals surface area contributed by atoms with Crippen molar-refractivity contribution in [2.45, 2.75) is 0 Å². The lowest BCUT2D eigenvalue weighted by atomic mass is 10.1. The summed E-state index contributed by atoms with van der Waals surface area (Å²) >= 11 is 5.98. The summed E-state index contributed by atoms with van der Waals surface area (Å²) in [6.07, 6.45) is 1.33. The van der Waals surface area contributed by atoms with Crippen molar-refractivity contribution in [2.24, 2.45) is 0 Å². The van der Waals surface area contributed by atoms with Gasteiger partial charge < -0.3 is 19.7 Å². The SMILES string of the molecule is O=C(c1ccco1)c1c(Br)c(O)c(O)c(O)c1Br. The van der Waals surface area contributed by atoms with E-state index >= 15 is 0 Å². The summed E-state index contributed by atoms with van der Waals surface area (Å²) in [5.74, 6) is -2.47. The van der Waals surface area contributed by atoms with Gasteiger partial charge in [0.2, 0.25) is 11.5 Å². The van der Waals surface area contributed by atoms with Gasteiger partial charge in [-0.05, 0) is 44.0 Å². The highest BCUT2D eigenvalue weighted by atomic mass is 79.9. The standard InChI is InChI=1S/C11H6Br2O5/c12-6-5(8(14)4-2-1-3-18-4)7(13)10(16)11(17)9(6)15/h1-3,15-17H. The molecular formula is C11H6Br2O5. The fourth-order valence-electron chi connectivity index (χ4n) is 1.38. The normalized spacial score (nSPS) is 10.6. The molecule has 0 amide bonds. The predicted octanol–water partition coefficient (Wildman–Crippen LogP) is 3.15. The molecule has 0 aliphatic heterocycles. The van der Waals surface area contributed by atoms with E-state index in [1.807, 2.05) is 0 Å². The summed E-state index contributed by atoms with van der Waals surface area (Å²) in [5, 5.41) is 28.6. The van der Waals surface area contributed by atoms with Gasteiger partial charge >= 0.3 is 0 Å². The molecule has 3 N–H and O–H groups in total. The predicted molar refractivity (Wildman–Crippen MR) is 69.0 cm³/mol. The molecule has 0 spiro atoms. The number of halogens is 2. The maximum atomic E-state index is 12.1. The number of phenolic OH excluding ortho intramolecular Hbond substituents is 3. The molecule has 0 saturated carbocycles. The first-order valence-electron chi connectivity index (χ1n) is 4.65. The Morgan fingerprint density at radius 3 is 2.06 bits per heavy atom. The van der Waals surface area contributed by atoms with Crippen LogP contribution in [0.4, 0.5) is 0 Å². The maximum Gasteiger partial charge on any atom is 0.230 e. The number of benzene rings is 1. The molecule has 7 heteroatoms. The van der Waals surface area contributed by atoms with Crippen molar-refractivity contribution in [1.29, 1.82) is 0 Å². The summed E-state index contributed by atoms with van der Waals surface area (Å²) in [4.78, 5) is 12.1. The average Bonchev–Trinajstić information content (AvgIpc) is 2.88. The summed E-state index contributed by atoms with van der Waals surface area (Å²) in [7, 11) is 0. The lowest BCUT2D eigenvalue weighted by molar-refractivity contribution is 0.101. The van der Waals surface area contributed by atoms with E-state index in [1.54, 1.807) is 0 Å². The summed E-state index contributed by atoms with van der Waals surface area (Å²) in [5.41, 5.74) is -0.0437. The third-order valence-electron chi connectivity index (χ3n) is 2.28. The molecule has 0 fully saturated rings. The molecule has 1 aromatic heterocycles. The first-order valence-corrected chi connectivity index (χ1v) is 6.23. The van der Waals surface area contributed by atoms with Gasteiger partial charge in [-0.1, -0.05) is 0 Å². The third-order valence-corrected chi connectivity index (χ3v) is 3.82. The van der Waals surface area contributed by atoms with Crippen LogP contribution in [-0.2, 0) is 0 Å². The zero-order chi connectivity index (χ0) is 13.4. The molecule has 0 bridgehead atoms. The molecule has 94 valence electrons. The van der Waals surface area contributed by atoms with E-state index < -0.39 is 23.0 Å². The van der Waals surface area contributed by atoms with Crippen LogP contribution >= 0.6 is 31.9 Å².